The zero-order valence-corrected chi connectivity index (χ0v) is 13.0. The van der Waals surface area contributed by atoms with Crippen LogP contribution < -0.4 is 5.32 Å². The fraction of sp³-hybridized carbons (Fsp3) is 0.647. The van der Waals surface area contributed by atoms with Crippen LogP contribution in [0.15, 0.2) is 18.2 Å². The Labute approximate surface area is 118 Å². The van der Waals surface area contributed by atoms with E-state index in [1.54, 1.807) is 0 Å². The van der Waals surface area contributed by atoms with Crippen molar-refractivity contribution >= 4 is 0 Å². The first-order valence-corrected chi connectivity index (χ1v) is 7.56. The highest BCUT2D eigenvalue weighted by Gasteiger charge is 2.11. The van der Waals surface area contributed by atoms with E-state index in [0.29, 0.717) is 6.04 Å². The molecule has 1 aromatic carbocycles. The van der Waals surface area contributed by atoms with E-state index in [-0.39, 0.29) is 0 Å². The van der Waals surface area contributed by atoms with Crippen LogP contribution in [-0.4, -0.2) is 19.8 Å². The summed E-state index contributed by atoms with van der Waals surface area (Å²) in [4.78, 5) is 0. The van der Waals surface area contributed by atoms with E-state index in [0.717, 1.165) is 32.6 Å². The van der Waals surface area contributed by atoms with E-state index in [4.69, 9.17) is 4.74 Å². The van der Waals surface area contributed by atoms with Gasteiger partial charge in [-0.25, -0.2) is 0 Å². The SMILES string of the molecule is CCCCOCC(NCCC)c1cc(C)cc(C)c1. The number of ether oxygens (including phenoxy) is 1. The summed E-state index contributed by atoms with van der Waals surface area (Å²) < 4.78 is 5.80. The van der Waals surface area contributed by atoms with Gasteiger partial charge in [0.05, 0.1) is 12.6 Å². The predicted octanol–water partition coefficient (Wildman–Crippen LogP) is 4.16. The summed E-state index contributed by atoms with van der Waals surface area (Å²) in [6.07, 6.45) is 3.49. The quantitative estimate of drug-likeness (QED) is 0.675. The maximum atomic E-state index is 5.80. The monoisotopic (exact) mass is 263 g/mol. The highest BCUT2D eigenvalue weighted by molar-refractivity contribution is 5.30. The molecule has 0 aliphatic heterocycles. The molecule has 108 valence electrons. The summed E-state index contributed by atoms with van der Waals surface area (Å²) in [5, 5.41) is 3.59. The molecule has 0 heterocycles. The molecule has 1 N–H and O–H groups in total. The van der Waals surface area contributed by atoms with E-state index >= 15 is 0 Å². The van der Waals surface area contributed by atoms with Crippen LogP contribution in [-0.2, 0) is 4.74 Å². The number of hydrogen-bond acceptors (Lipinski definition) is 2. The van der Waals surface area contributed by atoms with Gasteiger partial charge in [-0.05, 0) is 38.8 Å². The third kappa shape index (κ3) is 6.22. The topological polar surface area (TPSA) is 21.3 Å². The van der Waals surface area contributed by atoms with Crippen LogP contribution in [0.3, 0.4) is 0 Å². The van der Waals surface area contributed by atoms with Gasteiger partial charge in [0, 0.05) is 6.61 Å². The van der Waals surface area contributed by atoms with Crippen molar-refractivity contribution in [2.45, 2.75) is 53.0 Å². The number of aryl methyl sites for hydroxylation is 2. The lowest BCUT2D eigenvalue weighted by molar-refractivity contribution is 0.109. The molecule has 1 atom stereocenters. The van der Waals surface area contributed by atoms with Gasteiger partial charge in [0.1, 0.15) is 0 Å². The Morgan fingerprint density at radius 3 is 2.32 bits per heavy atom. The number of rotatable bonds is 9. The minimum atomic E-state index is 0.315. The Balaban J connectivity index is 2.65. The molecule has 19 heavy (non-hydrogen) atoms. The Kier molecular flexibility index (Phi) is 7.76. The predicted molar refractivity (Wildman–Crippen MR) is 82.7 cm³/mol. The van der Waals surface area contributed by atoms with Crippen molar-refractivity contribution in [1.82, 2.24) is 5.32 Å². The van der Waals surface area contributed by atoms with Crippen molar-refractivity contribution < 1.29 is 4.74 Å². The van der Waals surface area contributed by atoms with Gasteiger partial charge in [-0.15, -0.1) is 0 Å². The first-order valence-electron chi connectivity index (χ1n) is 7.56. The lowest BCUT2D eigenvalue weighted by atomic mass is 10.0. The van der Waals surface area contributed by atoms with Crippen molar-refractivity contribution in [2.24, 2.45) is 0 Å². The summed E-state index contributed by atoms with van der Waals surface area (Å²) in [5.74, 6) is 0. The molecule has 1 unspecified atom stereocenters. The molecule has 0 aliphatic carbocycles. The Hall–Kier alpha value is -0.860. The van der Waals surface area contributed by atoms with E-state index in [1.807, 2.05) is 0 Å². The van der Waals surface area contributed by atoms with Crippen LogP contribution >= 0.6 is 0 Å². The fourth-order valence-electron chi connectivity index (χ4n) is 2.25. The van der Waals surface area contributed by atoms with Crippen molar-refractivity contribution in [2.75, 3.05) is 19.8 Å². The number of benzene rings is 1. The Bertz CT molecular complexity index is 342. The van der Waals surface area contributed by atoms with Crippen molar-refractivity contribution in [3.63, 3.8) is 0 Å². The average molecular weight is 263 g/mol. The van der Waals surface area contributed by atoms with Crippen LogP contribution in [0.1, 0.15) is 55.8 Å². The maximum absolute atomic E-state index is 5.80. The van der Waals surface area contributed by atoms with Gasteiger partial charge >= 0.3 is 0 Å². The van der Waals surface area contributed by atoms with Gasteiger partial charge in [0.2, 0.25) is 0 Å². The van der Waals surface area contributed by atoms with Gasteiger partial charge in [0.25, 0.3) is 0 Å². The molecule has 1 aromatic rings. The molecule has 0 saturated heterocycles. The highest BCUT2D eigenvalue weighted by Crippen LogP contribution is 2.17. The van der Waals surface area contributed by atoms with Gasteiger partial charge in [0.15, 0.2) is 0 Å². The molecule has 0 spiro atoms. The first kappa shape index (κ1) is 16.2. The third-order valence-electron chi connectivity index (χ3n) is 3.21. The lowest BCUT2D eigenvalue weighted by Gasteiger charge is -2.20. The second kappa shape index (κ2) is 9.11. The van der Waals surface area contributed by atoms with E-state index < -0.39 is 0 Å². The van der Waals surface area contributed by atoms with Gasteiger partial charge in [-0.1, -0.05) is 49.6 Å². The third-order valence-corrected chi connectivity index (χ3v) is 3.21. The molecule has 0 aliphatic rings. The second-order valence-corrected chi connectivity index (χ2v) is 5.36. The maximum Gasteiger partial charge on any atom is 0.0661 e. The average Bonchev–Trinajstić information content (AvgIpc) is 2.36. The van der Waals surface area contributed by atoms with Gasteiger partial charge in [-0.2, -0.15) is 0 Å². The van der Waals surface area contributed by atoms with Crippen molar-refractivity contribution in [3.05, 3.63) is 34.9 Å². The minimum absolute atomic E-state index is 0.315. The molecule has 2 nitrogen and oxygen atoms in total. The number of nitrogens with one attached hydrogen (secondary N) is 1. The highest BCUT2D eigenvalue weighted by atomic mass is 16.5. The Morgan fingerprint density at radius 1 is 1.05 bits per heavy atom. The van der Waals surface area contributed by atoms with Crippen molar-refractivity contribution in [1.29, 1.82) is 0 Å². The van der Waals surface area contributed by atoms with Crippen LogP contribution in [0, 0.1) is 13.8 Å². The standard InChI is InChI=1S/C17H29NO/c1-5-7-9-19-13-17(18-8-6-2)16-11-14(3)10-15(4)12-16/h10-12,17-18H,5-9,13H2,1-4H3. The molecule has 0 amide bonds. The summed E-state index contributed by atoms with van der Waals surface area (Å²) >= 11 is 0. The van der Waals surface area contributed by atoms with E-state index in [1.165, 1.54) is 23.1 Å². The zero-order chi connectivity index (χ0) is 14.1. The summed E-state index contributed by atoms with van der Waals surface area (Å²) in [7, 11) is 0. The van der Waals surface area contributed by atoms with Crippen LogP contribution in [0.5, 0.6) is 0 Å². The van der Waals surface area contributed by atoms with E-state index in [9.17, 15) is 0 Å². The minimum Gasteiger partial charge on any atom is -0.379 e. The van der Waals surface area contributed by atoms with Gasteiger partial charge in [-0.3, -0.25) is 0 Å². The second-order valence-electron chi connectivity index (χ2n) is 5.36. The largest absolute Gasteiger partial charge is 0.379 e. The molecule has 1 rings (SSSR count). The van der Waals surface area contributed by atoms with Crippen LogP contribution in [0.25, 0.3) is 0 Å². The zero-order valence-electron chi connectivity index (χ0n) is 13.0. The number of unbranched alkanes of at least 4 members (excludes halogenated alkanes) is 1. The molecule has 2 heteroatoms. The number of hydrogen-bond donors (Lipinski definition) is 1. The summed E-state index contributed by atoms with van der Waals surface area (Å²) in [6.45, 7) is 11.4. The smallest absolute Gasteiger partial charge is 0.0661 e. The first-order chi connectivity index (χ1) is 9.17. The van der Waals surface area contributed by atoms with E-state index in [2.05, 4.69) is 51.2 Å². The van der Waals surface area contributed by atoms with Crippen LogP contribution in [0.4, 0.5) is 0 Å². The molecule has 0 aromatic heterocycles. The normalized spacial score (nSPS) is 12.6. The molecule has 0 radical (unpaired) electrons. The molecular formula is C17H29NO. The summed E-state index contributed by atoms with van der Waals surface area (Å²) in [6, 6.07) is 7.07. The van der Waals surface area contributed by atoms with Gasteiger partial charge < -0.3 is 10.1 Å². The Morgan fingerprint density at radius 2 is 1.74 bits per heavy atom. The molecular weight excluding hydrogens is 234 g/mol. The molecule has 0 saturated carbocycles. The molecule has 0 fully saturated rings. The molecule has 0 bridgehead atoms. The van der Waals surface area contributed by atoms with Crippen molar-refractivity contribution in [3.8, 4) is 0 Å². The van der Waals surface area contributed by atoms with Crippen LogP contribution in [0.2, 0.25) is 0 Å². The summed E-state index contributed by atoms with van der Waals surface area (Å²) in [5.41, 5.74) is 4.00. The lowest BCUT2D eigenvalue weighted by Crippen LogP contribution is -2.26. The fourth-order valence-corrected chi connectivity index (χ4v) is 2.25.